The van der Waals surface area contributed by atoms with E-state index in [1.807, 2.05) is 23.7 Å². The van der Waals surface area contributed by atoms with Gasteiger partial charge in [0.1, 0.15) is 0 Å². The van der Waals surface area contributed by atoms with Gasteiger partial charge in [0.2, 0.25) is 5.91 Å². The molecule has 1 heterocycles. The van der Waals surface area contributed by atoms with Gasteiger partial charge in [-0.15, -0.1) is 11.3 Å². The minimum atomic E-state index is -0.333. The van der Waals surface area contributed by atoms with Crippen molar-refractivity contribution in [2.45, 2.75) is 6.92 Å². The Morgan fingerprint density at radius 3 is 2.69 bits per heavy atom. The maximum Gasteiger partial charge on any atom is 0.214 e. The number of amides is 1. The highest BCUT2D eigenvalue weighted by molar-refractivity contribution is 7.16. The highest BCUT2D eigenvalue weighted by Crippen LogP contribution is 2.15. The zero-order valence-corrected chi connectivity index (χ0v) is 8.04. The second kappa shape index (κ2) is 4.57. The van der Waals surface area contributed by atoms with Crippen LogP contribution in [0.25, 0.3) is 10.2 Å². The molecule has 13 heavy (non-hydrogen) atoms. The van der Waals surface area contributed by atoms with Crippen LogP contribution in [0.3, 0.4) is 0 Å². The fourth-order valence-corrected chi connectivity index (χ4v) is 1.48. The fourth-order valence-electron chi connectivity index (χ4n) is 0.803. The molecule has 0 aliphatic heterocycles. The van der Waals surface area contributed by atoms with Crippen molar-refractivity contribution in [1.82, 2.24) is 4.98 Å². The maximum absolute atomic E-state index is 9.22. The van der Waals surface area contributed by atoms with Crippen LogP contribution in [0, 0.1) is 0 Å². The van der Waals surface area contributed by atoms with Crippen molar-refractivity contribution in [1.29, 1.82) is 0 Å². The van der Waals surface area contributed by atoms with Crippen LogP contribution in [0.1, 0.15) is 6.92 Å². The van der Waals surface area contributed by atoms with E-state index in [9.17, 15) is 4.79 Å². The summed E-state index contributed by atoms with van der Waals surface area (Å²) in [4.78, 5) is 13.4. The molecule has 0 unspecified atom stereocenters. The summed E-state index contributed by atoms with van der Waals surface area (Å²) in [6.07, 6.45) is 0. The van der Waals surface area contributed by atoms with Crippen LogP contribution in [0.2, 0.25) is 0 Å². The summed E-state index contributed by atoms with van der Waals surface area (Å²) in [5, 5.41) is 0. The number of para-hydroxylation sites is 1. The number of aromatic nitrogens is 1. The SMILES string of the molecule is CC(N)=O.c1ccc2scnc2c1. The molecular weight excluding hydrogens is 184 g/mol. The number of hydrogen-bond acceptors (Lipinski definition) is 3. The Labute approximate surface area is 80.2 Å². The molecule has 0 saturated heterocycles. The minimum absolute atomic E-state index is 0.333. The fraction of sp³-hybridized carbons (Fsp3) is 0.111. The first kappa shape index (κ1) is 9.67. The summed E-state index contributed by atoms with van der Waals surface area (Å²) < 4.78 is 1.26. The van der Waals surface area contributed by atoms with E-state index >= 15 is 0 Å². The van der Waals surface area contributed by atoms with E-state index in [0.717, 1.165) is 5.52 Å². The van der Waals surface area contributed by atoms with E-state index in [1.165, 1.54) is 11.6 Å². The van der Waals surface area contributed by atoms with Crippen LogP contribution in [0.5, 0.6) is 0 Å². The molecule has 1 aromatic carbocycles. The molecule has 3 nitrogen and oxygen atoms in total. The number of thiazole rings is 1. The summed E-state index contributed by atoms with van der Waals surface area (Å²) in [5.41, 5.74) is 7.44. The molecule has 2 aromatic rings. The lowest BCUT2D eigenvalue weighted by atomic mass is 10.3. The Morgan fingerprint density at radius 2 is 2.08 bits per heavy atom. The lowest BCUT2D eigenvalue weighted by Gasteiger charge is -1.80. The predicted octanol–water partition coefficient (Wildman–Crippen LogP) is 1.79. The summed E-state index contributed by atoms with van der Waals surface area (Å²) in [6.45, 7) is 1.31. The molecule has 0 aliphatic carbocycles. The van der Waals surface area contributed by atoms with E-state index in [-0.39, 0.29) is 5.91 Å². The number of hydrogen-bond donors (Lipinski definition) is 1. The topological polar surface area (TPSA) is 56.0 Å². The number of nitrogens with zero attached hydrogens (tertiary/aromatic N) is 1. The van der Waals surface area contributed by atoms with Crippen LogP contribution < -0.4 is 5.73 Å². The Hall–Kier alpha value is -1.42. The first-order chi connectivity index (χ1) is 6.20. The standard InChI is InChI=1S/C7H5NS.C2H5NO/c1-2-4-7-6(3-1)8-5-9-7;1-2(3)4/h1-5H;1H3,(H2,3,4). The van der Waals surface area contributed by atoms with Gasteiger partial charge in [-0.05, 0) is 12.1 Å². The Morgan fingerprint density at radius 1 is 1.46 bits per heavy atom. The van der Waals surface area contributed by atoms with E-state index < -0.39 is 0 Å². The molecule has 0 aliphatic rings. The van der Waals surface area contributed by atoms with Gasteiger partial charge in [-0.1, -0.05) is 12.1 Å². The summed E-state index contributed by atoms with van der Waals surface area (Å²) in [6, 6.07) is 8.13. The van der Waals surface area contributed by atoms with Crippen molar-refractivity contribution >= 4 is 27.5 Å². The van der Waals surface area contributed by atoms with Gasteiger partial charge in [0.05, 0.1) is 15.7 Å². The second-order valence-corrected chi connectivity index (χ2v) is 3.32. The van der Waals surface area contributed by atoms with Crippen LogP contribution in [-0.4, -0.2) is 10.9 Å². The normalized spacial score (nSPS) is 9.00. The molecule has 0 atom stereocenters. The molecule has 4 heteroatoms. The largest absolute Gasteiger partial charge is 0.370 e. The number of rotatable bonds is 0. The molecule has 68 valence electrons. The molecule has 2 N–H and O–H groups in total. The van der Waals surface area contributed by atoms with Crippen molar-refractivity contribution in [3.8, 4) is 0 Å². The van der Waals surface area contributed by atoms with E-state index in [0.29, 0.717) is 0 Å². The number of fused-ring (bicyclic) bond motifs is 1. The van der Waals surface area contributed by atoms with Crippen molar-refractivity contribution < 1.29 is 4.79 Å². The zero-order chi connectivity index (χ0) is 9.68. The smallest absolute Gasteiger partial charge is 0.214 e. The summed E-state index contributed by atoms with van der Waals surface area (Å²) in [7, 11) is 0. The van der Waals surface area contributed by atoms with Gasteiger partial charge in [-0.3, -0.25) is 4.79 Å². The monoisotopic (exact) mass is 194 g/mol. The molecule has 0 saturated carbocycles. The highest BCUT2D eigenvalue weighted by Gasteiger charge is 1.89. The van der Waals surface area contributed by atoms with Crippen LogP contribution in [-0.2, 0) is 4.79 Å². The number of carbonyl (C=O) groups excluding carboxylic acids is 1. The van der Waals surface area contributed by atoms with Gasteiger partial charge in [-0.2, -0.15) is 0 Å². The molecule has 1 amide bonds. The second-order valence-electron chi connectivity index (χ2n) is 2.43. The van der Waals surface area contributed by atoms with Gasteiger partial charge in [0.15, 0.2) is 0 Å². The molecular formula is C9H10N2OS. The van der Waals surface area contributed by atoms with E-state index in [1.54, 1.807) is 11.3 Å². The van der Waals surface area contributed by atoms with E-state index in [4.69, 9.17) is 0 Å². The number of benzene rings is 1. The van der Waals surface area contributed by atoms with Gasteiger partial charge in [0.25, 0.3) is 0 Å². The Bertz CT molecular complexity index is 363. The average Bonchev–Trinajstić information content (AvgIpc) is 2.49. The summed E-state index contributed by atoms with van der Waals surface area (Å²) in [5.74, 6) is -0.333. The average molecular weight is 194 g/mol. The molecule has 0 radical (unpaired) electrons. The van der Waals surface area contributed by atoms with Crippen molar-refractivity contribution in [3.63, 3.8) is 0 Å². The third kappa shape index (κ3) is 3.21. The van der Waals surface area contributed by atoms with Gasteiger partial charge >= 0.3 is 0 Å². The number of primary amides is 1. The van der Waals surface area contributed by atoms with Crippen LogP contribution in [0.15, 0.2) is 29.8 Å². The molecule has 0 spiro atoms. The quantitative estimate of drug-likeness (QED) is 0.695. The Kier molecular flexibility index (Phi) is 3.40. The first-order valence-electron chi connectivity index (χ1n) is 3.74. The number of carbonyl (C=O) groups is 1. The lowest BCUT2D eigenvalue weighted by molar-refractivity contribution is -0.115. The molecule has 1 aromatic heterocycles. The van der Waals surface area contributed by atoms with E-state index in [2.05, 4.69) is 16.8 Å². The van der Waals surface area contributed by atoms with Crippen molar-refractivity contribution in [2.75, 3.05) is 0 Å². The Balaban J connectivity index is 0.000000184. The zero-order valence-electron chi connectivity index (χ0n) is 7.23. The predicted molar refractivity (Wildman–Crippen MR) is 54.5 cm³/mol. The molecule has 0 bridgehead atoms. The van der Waals surface area contributed by atoms with Crippen LogP contribution in [0.4, 0.5) is 0 Å². The van der Waals surface area contributed by atoms with Crippen molar-refractivity contribution in [2.24, 2.45) is 5.73 Å². The molecule has 2 rings (SSSR count). The van der Waals surface area contributed by atoms with Gasteiger partial charge in [0, 0.05) is 6.92 Å². The van der Waals surface area contributed by atoms with Gasteiger partial charge < -0.3 is 5.73 Å². The third-order valence-electron chi connectivity index (χ3n) is 1.24. The summed E-state index contributed by atoms with van der Waals surface area (Å²) >= 11 is 1.68. The minimum Gasteiger partial charge on any atom is -0.370 e. The maximum atomic E-state index is 9.22. The number of nitrogens with two attached hydrogens (primary N) is 1. The lowest BCUT2D eigenvalue weighted by Crippen LogP contribution is -2.01. The first-order valence-corrected chi connectivity index (χ1v) is 4.62. The van der Waals surface area contributed by atoms with Crippen molar-refractivity contribution in [3.05, 3.63) is 29.8 Å². The van der Waals surface area contributed by atoms with Crippen LogP contribution >= 0.6 is 11.3 Å². The molecule has 0 fully saturated rings. The third-order valence-corrected chi connectivity index (χ3v) is 2.05. The van der Waals surface area contributed by atoms with Gasteiger partial charge in [-0.25, -0.2) is 4.98 Å². The highest BCUT2D eigenvalue weighted by atomic mass is 32.1.